The molecular formula is C20H16F2N4O2S. The van der Waals surface area contributed by atoms with E-state index in [0.717, 1.165) is 22.3 Å². The lowest BCUT2D eigenvalue weighted by Gasteiger charge is -2.27. The summed E-state index contributed by atoms with van der Waals surface area (Å²) < 4.78 is 55.2. The number of halogens is 2. The summed E-state index contributed by atoms with van der Waals surface area (Å²) in [4.78, 5) is 1.64. The first kappa shape index (κ1) is 19.1. The van der Waals surface area contributed by atoms with Crippen LogP contribution in [0.4, 0.5) is 14.6 Å². The molecule has 0 saturated carbocycles. The highest BCUT2D eigenvalue weighted by molar-refractivity contribution is 7.90. The Morgan fingerprint density at radius 1 is 1.14 bits per heavy atom. The summed E-state index contributed by atoms with van der Waals surface area (Å²) in [6.07, 6.45) is 2.59. The summed E-state index contributed by atoms with van der Waals surface area (Å²) in [5.41, 5.74) is 0.389. The molecule has 1 aliphatic heterocycles. The van der Waals surface area contributed by atoms with Gasteiger partial charge >= 0.3 is 0 Å². The van der Waals surface area contributed by atoms with Gasteiger partial charge in [0.05, 0.1) is 28.8 Å². The van der Waals surface area contributed by atoms with Crippen molar-refractivity contribution >= 4 is 15.8 Å². The van der Waals surface area contributed by atoms with Crippen LogP contribution in [0.5, 0.6) is 0 Å². The maximum absolute atomic E-state index is 14.4. The molecule has 148 valence electrons. The van der Waals surface area contributed by atoms with Gasteiger partial charge in [0, 0.05) is 18.2 Å². The number of hydrogen-bond acceptors (Lipinski definition) is 5. The SMILES string of the molecule is N#Cc1cccc(S(=O)(=O)n2nccc2N2CCC[C@@H]2c2cc(F)ccc2F)c1. The lowest BCUT2D eigenvalue weighted by Crippen LogP contribution is -2.28. The van der Waals surface area contributed by atoms with E-state index in [9.17, 15) is 17.2 Å². The van der Waals surface area contributed by atoms with E-state index in [2.05, 4.69) is 5.10 Å². The lowest BCUT2D eigenvalue weighted by molar-refractivity contribution is 0.556. The van der Waals surface area contributed by atoms with Crippen molar-refractivity contribution in [2.45, 2.75) is 23.8 Å². The van der Waals surface area contributed by atoms with Gasteiger partial charge in [-0.2, -0.15) is 18.8 Å². The first-order valence-corrected chi connectivity index (χ1v) is 10.4. The minimum absolute atomic E-state index is 0.0748. The van der Waals surface area contributed by atoms with Crippen LogP contribution in [-0.4, -0.2) is 24.1 Å². The van der Waals surface area contributed by atoms with E-state index in [1.54, 1.807) is 4.90 Å². The molecule has 0 bridgehead atoms. The zero-order valence-corrected chi connectivity index (χ0v) is 16.0. The van der Waals surface area contributed by atoms with Gasteiger partial charge in [-0.3, -0.25) is 0 Å². The van der Waals surface area contributed by atoms with Crippen LogP contribution in [0.2, 0.25) is 0 Å². The van der Waals surface area contributed by atoms with Crippen LogP contribution in [0.3, 0.4) is 0 Å². The molecule has 29 heavy (non-hydrogen) atoms. The molecule has 9 heteroatoms. The van der Waals surface area contributed by atoms with Crippen molar-refractivity contribution in [1.29, 1.82) is 5.26 Å². The zero-order chi connectivity index (χ0) is 20.6. The second-order valence-electron chi connectivity index (χ2n) is 6.69. The molecule has 1 aromatic heterocycles. The molecule has 2 heterocycles. The van der Waals surface area contributed by atoms with Crippen molar-refractivity contribution in [3.05, 3.63) is 77.5 Å². The van der Waals surface area contributed by atoms with Crippen molar-refractivity contribution in [3.63, 3.8) is 0 Å². The molecule has 0 N–H and O–H groups in total. The Balaban J connectivity index is 1.77. The Morgan fingerprint density at radius 3 is 2.76 bits per heavy atom. The van der Waals surface area contributed by atoms with Gasteiger partial charge in [0.15, 0.2) is 0 Å². The van der Waals surface area contributed by atoms with Crippen LogP contribution in [0.25, 0.3) is 0 Å². The highest BCUT2D eigenvalue weighted by atomic mass is 32.2. The van der Waals surface area contributed by atoms with E-state index in [1.807, 2.05) is 6.07 Å². The van der Waals surface area contributed by atoms with Gasteiger partial charge in [0.1, 0.15) is 17.5 Å². The highest BCUT2D eigenvalue weighted by Gasteiger charge is 2.33. The van der Waals surface area contributed by atoms with E-state index in [4.69, 9.17) is 5.26 Å². The molecule has 0 aliphatic carbocycles. The molecule has 1 aliphatic rings. The third-order valence-corrected chi connectivity index (χ3v) is 6.53. The fourth-order valence-electron chi connectivity index (χ4n) is 3.63. The molecule has 2 aromatic carbocycles. The van der Waals surface area contributed by atoms with E-state index < -0.39 is 27.7 Å². The van der Waals surface area contributed by atoms with E-state index in [1.165, 1.54) is 36.5 Å². The molecule has 0 amide bonds. The second kappa shape index (κ2) is 7.29. The van der Waals surface area contributed by atoms with Crippen molar-refractivity contribution in [3.8, 4) is 6.07 Å². The Kier molecular flexibility index (Phi) is 4.80. The molecule has 0 spiro atoms. The van der Waals surface area contributed by atoms with Gasteiger partial charge in [-0.15, -0.1) is 4.09 Å². The van der Waals surface area contributed by atoms with Crippen LogP contribution in [0.1, 0.15) is 30.0 Å². The van der Waals surface area contributed by atoms with Crippen LogP contribution in [0, 0.1) is 23.0 Å². The minimum Gasteiger partial charge on any atom is -0.349 e. The summed E-state index contributed by atoms with van der Waals surface area (Å²) in [5, 5.41) is 13.0. The fourth-order valence-corrected chi connectivity index (χ4v) is 4.95. The van der Waals surface area contributed by atoms with Gasteiger partial charge in [-0.1, -0.05) is 6.07 Å². The van der Waals surface area contributed by atoms with Gasteiger partial charge < -0.3 is 4.90 Å². The molecule has 6 nitrogen and oxygen atoms in total. The fraction of sp³-hybridized carbons (Fsp3) is 0.200. The number of rotatable bonds is 4. The smallest absolute Gasteiger partial charge is 0.284 e. The number of nitrogens with zero attached hydrogens (tertiary/aromatic N) is 4. The van der Waals surface area contributed by atoms with Gasteiger partial charge in [0.25, 0.3) is 10.0 Å². The Labute approximate surface area is 166 Å². The first-order valence-electron chi connectivity index (χ1n) is 8.93. The monoisotopic (exact) mass is 414 g/mol. The number of anilines is 1. The van der Waals surface area contributed by atoms with E-state index in [0.29, 0.717) is 19.4 Å². The largest absolute Gasteiger partial charge is 0.349 e. The average molecular weight is 414 g/mol. The second-order valence-corrected chi connectivity index (χ2v) is 8.46. The molecule has 4 rings (SSSR count). The third-order valence-electron chi connectivity index (χ3n) is 4.94. The summed E-state index contributed by atoms with van der Waals surface area (Å²) >= 11 is 0. The lowest BCUT2D eigenvalue weighted by atomic mass is 10.0. The summed E-state index contributed by atoms with van der Waals surface area (Å²) in [7, 11) is -4.08. The van der Waals surface area contributed by atoms with Crippen LogP contribution >= 0.6 is 0 Å². The standard InChI is InChI=1S/C20H16F2N4O2S/c21-15-6-7-18(22)17(12-15)19-5-2-10-25(19)20-8-9-24-26(20)29(27,28)16-4-1-3-14(11-16)13-23/h1,3-4,6-9,11-12,19H,2,5,10H2/t19-/m1/s1. The quantitative estimate of drug-likeness (QED) is 0.652. The maximum Gasteiger partial charge on any atom is 0.284 e. The molecule has 3 aromatic rings. The van der Waals surface area contributed by atoms with Crippen molar-refractivity contribution < 1.29 is 17.2 Å². The molecule has 1 fully saturated rings. The van der Waals surface area contributed by atoms with Crippen LogP contribution < -0.4 is 4.90 Å². The maximum atomic E-state index is 14.4. The zero-order valence-electron chi connectivity index (χ0n) is 15.2. The summed E-state index contributed by atoms with van der Waals surface area (Å²) in [5.74, 6) is -0.833. The summed E-state index contributed by atoms with van der Waals surface area (Å²) in [6.45, 7) is 0.472. The average Bonchev–Trinajstić information content (AvgIpc) is 3.39. The summed E-state index contributed by atoms with van der Waals surface area (Å²) in [6, 6.07) is 11.8. The number of hydrogen-bond donors (Lipinski definition) is 0. The Morgan fingerprint density at radius 2 is 1.97 bits per heavy atom. The normalized spacial score (nSPS) is 16.7. The first-order chi connectivity index (χ1) is 13.9. The number of nitriles is 1. The highest BCUT2D eigenvalue weighted by Crippen LogP contribution is 2.38. The number of benzene rings is 2. The van der Waals surface area contributed by atoms with E-state index in [-0.39, 0.29) is 21.8 Å². The molecule has 0 radical (unpaired) electrons. The van der Waals surface area contributed by atoms with Crippen LogP contribution in [0.15, 0.2) is 59.6 Å². The molecular weight excluding hydrogens is 398 g/mol. The van der Waals surface area contributed by atoms with Gasteiger partial charge in [-0.25, -0.2) is 8.78 Å². The topological polar surface area (TPSA) is 79.0 Å². The molecule has 1 saturated heterocycles. The van der Waals surface area contributed by atoms with Crippen molar-refractivity contribution in [1.82, 2.24) is 9.19 Å². The number of aromatic nitrogens is 2. The Bertz CT molecular complexity index is 1220. The van der Waals surface area contributed by atoms with Gasteiger partial charge in [-0.05, 0) is 49.2 Å². The molecule has 1 atom stereocenters. The predicted octanol–water partition coefficient (Wildman–Crippen LogP) is 3.61. The van der Waals surface area contributed by atoms with E-state index >= 15 is 0 Å². The minimum atomic E-state index is -4.08. The van der Waals surface area contributed by atoms with Crippen LogP contribution in [-0.2, 0) is 10.0 Å². The van der Waals surface area contributed by atoms with Crippen molar-refractivity contribution in [2.75, 3.05) is 11.4 Å². The Hall–Kier alpha value is -3.25. The van der Waals surface area contributed by atoms with Crippen molar-refractivity contribution in [2.24, 2.45) is 0 Å². The molecule has 0 unspecified atom stereocenters. The third kappa shape index (κ3) is 3.36. The predicted molar refractivity (Wildman–Crippen MR) is 102 cm³/mol. The van der Waals surface area contributed by atoms with Gasteiger partial charge in [0.2, 0.25) is 0 Å².